The zero-order valence-electron chi connectivity index (χ0n) is 12.5. The van der Waals surface area contributed by atoms with Gasteiger partial charge in [-0.25, -0.2) is 9.97 Å². The predicted molar refractivity (Wildman–Crippen MR) is 78.1 cm³/mol. The van der Waals surface area contributed by atoms with Crippen LogP contribution in [-0.2, 0) is 6.42 Å². The van der Waals surface area contributed by atoms with E-state index in [1.54, 1.807) is 6.33 Å². The van der Waals surface area contributed by atoms with E-state index in [1.807, 2.05) is 7.05 Å². The summed E-state index contributed by atoms with van der Waals surface area (Å²) in [6, 6.07) is 0. The molecule has 0 saturated heterocycles. The average molecular weight is 250 g/mol. The summed E-state index contributed by atoms with van der Waals surface area (Å²) in [4.78, 5) is 8.59. The van der Waals surface area contributed by atoms with Gasteiger partial charge in [-0.3, -0.25) is 0 Å². The van der Waals surface area contributed by atoms with Gasteiger partial charge in [-0.2, -0.15) is 0 Å². The van der Waals surface area contributed by atoms with Gasteiger partial charge in [-0.15, -0.1) is 0 Å². The van der Waals surface area contributed by atoms with Crippen LogP contribution in [0.2, 0.25) is 0 Å². The fraction of sp³-hybridized carbons (Fsp3) is 0.714. The predicted octanol–water partition coefficient (Wildman–Crippen LogP) is 3.17. The Bertz CT molecular complexity index is 382. The largest absolute Gasteiger partial charge is 0.373 e. The minimum atomic E-state index is 0.304. The molecule has 1 rings (SSSR count). The number of nitrogens with zero attached hydrogens (tertiary/aromatic N) is 2. The topological polar surface area (TPSA) is 49.8 Å². The van der Waals surface area contributed by atoms with E-state index in [-0.39, 0.29) is 0 Å². The van der Waals surface area contributed by atoms with E-state index in [0.29, 0.717) is 11.3 Å². The molecule has 1 aromatic heterocycles. The quantitative estimate of drug-likeness (QED) is 0.842. The minimum Gasteiger partial charge on any atom is -0.373 e. The molecule has 1 unspecified atom stereocenters. The second kappa shape index (κ2) is 6.03. The maximum absolute atomic E-state index is 4.35. The van der Waals surface area contributed by atoms with Crippen LogP contribution in [0.5, 0.6) is 0 Å². The summed E-state index contributed by atoms with van der Waals surface area (Å²) in [6.45, 7) is 12.1. The van der Waals surface area contributed by atoms with Crippen LogP contribution in [0.15, 0.2) is 6.33 Å². The maximum atomic E-state index is 4.35. The molecule has 0 aliphatic carbocycles. The van der Waals surface area contributed by atoms with Gasteiger partial charge in [-0.1, -0.05) is 34.6 Å². The Morgan fingerprint density at radius 2 is 1.83 bits per heavy atom. The van der Waals surface area contributed by atoms with Crippen LogP contribution in [0.25, 0.3) is 0 Å². The molecule has 0 radical (unpaired) electrons. The lowest BCUT2D eigenvalue weighted by atomic mass is 9.82. The molecule has 0 amide bonds. The monoisotopic (exact) mass is 250 g/mol. The fourth-order valence-electron chi connectivity index (χ4n) is 1.67. The van der Waals surface area contributed by atoms with Crippen LogP contribution in [0.1, 0.15) is 40.2 Å². The molecular weight excluding hydrogens is 224 g/mol. The summed E-state index contributed by atoms with van der Waals surface area (Å²) >= 11 is 0. The lowest BCUT2D eigenvalue weighted by molar-refractivity contribution is 0.274. The SMILES string of the molecule is CCc1c(NC)ncnc1NCC(C)C(C)(C)C. The van der Waals surface area contributed by atoms with Crippen molar-refractivity contribution in [2.45, 2.75) is 41.0 Å². The summed E-state index contributed by atoms with van der Waals surface area (Å²) in [5.74, 6) is 2.45. The van der Waals surface area contributed by atoms with Crippen molar-refractivity contribution >= 4 is 11.6 Å². The normalized spacial score (nSPS) is 13.2. The number of anilines is 2. The third-order valence-electron chi connectivity index (χ3n) is 3.59. The zero-order chi connectivity index (χ0) is 13.8. The molecule has 0 aliphatic rings. The van der Waals surface area contributed by atoms with Crippen LogP contribution < -0.4 is 10.6 Å². The highest BCUT2D eigenvalue weighted by Crippen LogP contribution is 2.26. The third kappa shape index (κ3) is 3.59. The van der Waals surface area contributed by atoms with Crippen LogP contribution in [-0.4, -0.2) is 23.6 Å². The Morgan fingerprint density at radius 1 is 1.22 bits per heavy atom. The van der Waals surface area contributed by atoms with Gasteiger partial charge >= 0.3 is 0 Å². The highest BCUT2D eigenvalue weighted by atomic mass is 15.1. The minimum absolute atomic E-state index is 0.304. The molecule has 0 bridgehead atoms. The molecule has 4 nitrogen and oxygen atoms in total. The van der Waals surface area contributed by atoms with E-state index in [0.717, 1.165) is 30.2 Å². The van der Waals surface area contributed by atoms with E-state index >= 15 is 0 Å². The number of hydrogen-bond donors (Lipinski definition) is 2. The van der Waals surface area contributed by atoms with Gasteiger partial charge in [0.05, 0.1) is 0 Å². The van der Waals surface area contributed by atoms with Gasteiger partial charge < -0.3 is 10.6 Å². The van der Waals surface area contributed by atoms with Gasteiger partial charge in [0.25, 0.3) is 0 Å². The van der Waals surface area contributed by atoms with Crippen molar-refractivity contribution in [2.24, 2.45) is 11.3 Å². The molecule has 4 heteroatoms. The first-order valence-electron chi connectivity index (χ1n) is 6.65. The van der Waals surface area contributed by atoms with Crippen molar-refractivity contribution in [3.05, 3.63) is 11.9 Å². The second-order valence-corrected chi connectivity index (χ2v) is 5.80. The van der Waals surface area contributed by atoms with Crippen molar-refractivity contribution in [2.75, 3.05) is 24.2 Å². The van der Waals surface area contributed by atoms with Crippen LogP contribution in [0.4, 0.5) is 11.6 Å². The fourth-order valence-corrected chi connectivity index (χ4v) is 1.67. The number of hydrogen-bond acceptors (Lipinski definition) is 4. The Hall–Kier alpha value is -1.32. The Kier molecular flexibility index (Phi) is 4.93. The summed E-state index contributed by atoms with van der Waals surface area (Å²) in [5.41, 5.74) is 1.46. The van der Waals surface area contributed by atoms with E-state index in [4.69, 9.17) is 0 Å². The molecule has 0 fully saturated rings. The molecule has 0 saturated carbocycles. The van der Waals surface area contributed by atoms with Crippen molar-refractivity contribution in [3.63, 3.8) is 0 Å². The second-order valence-electron chi connectivity index (χ2n) is 5.80. The summed E-state index contributed by atoms with van der Waals surface area (Å²) < 4.78 is 0. The lowest BCUT2D eigenvalue weighted by Crippen LogP contribution is -2.25. The smallest absolute Gasteiger partial charge is 0.134 e. The van der Waals surface area contributed by atoms with Gasteiger partial charge in [0, 0.05) is 19.2 Å². The molecule has 1 heterocycles. The van der Waals surface area contributed by atoms with E-state index in [9.17, 15) is 0 Å². The van der Waals surface area contributed by atoms with Crippen molar-refractivity contribution in [3.8, 4) is 0 Å². The summed E-state index contributed by atoms with van der Waals surface area (Å²) in [6.07, 6.45) is 2.53. The molecule has 0 aromatic carbocycles. The van der Waals surface area contributed by atoms with Gasteiger partial charge in [0.15, 0.2) is 0 Å². The number of nitrogens with one attached hydrogen (secondary N) is 2. The van der Waals surface area contributed by atoms with Crippen molar-refractivity contribution < 1.29 is 0 Å². The first kappa shape index (κ1) is 14.7. The average Bonchev–Trinajstić information content (AvgIpc) is 2.33. The maximum Gasteiger partial charge on any atom is 0.134 e. The summed E-state index contributed by atoms with van der Waals surface area (Å²) in [5, 5.41) is 6.57. The first-order chi connectivity index (χ1) is 8.40. The van der Waals surface area contributed by atoms with Crippen LogP contribution in [0, 0.1) is 11.3 Å². The van der Waals surface area contributed by atoms with E-state index < -0.39 is 0 Å². The molecule has 0 spiro atoms. The molecule has 0 aliphatic heterocycles. The standard InChI is InChI=1S/C14H26N4/c1-7-11-12(15-6)17-9-18-13(11)16-8-10(2)14(3,4)5/h9-10H,7-8H2,1-6H3,(H2,15,16,17,18). The highest BCUT2D eigenvalue weighted by molar-refractivity contribution is 5.57. The number of rotatable bonds is 5. The highest BCUT2D eigenvalue weighted by Gasteiger charge is 2.20. The first-order valence-corrected chi connectivity index (χ1v) is 6.65. The Labute approximate surface area is 111 Å². The van der Waals surface area contributed by atoms with Crippen LogP contribution >= 0.6 is 0 Å². The molecule has 1 aromatic rings. The number of aromatic nitrogens is 2. The molecular formula is C14H26N4. The van der Waals surface area contributed by atoms with Crippen molar-refractivity contribution in [1.82, 2.24) is 9.97 Å². The van der Waals surface area contributed by atoms with E-state index in [1.165, 1.54) is 0 Å². The van der Waals surface area contributed by atoms with Crippen LogP contribution in [0.3, 0.4) is 0 Å². The molecule has 1 atom stereocenters. The third-order valence-corrected chi connectivity index (χ3v) is 3.59. The molecule has 18 heavy (non-hydrogen) atoms. The Balaban J connectivity index is 2.79. The summed E-state index contributed by atoms with van der Waals surface area (Å²) in [7, 11) is 1.89. The van der Waals surface area contributed by atoms with E-state index in [2.05, 4.69) is 55.2 Å². The van der Waals surface area contributed by atoms with Gasteiger partial charge in [0.2, 0.25) is 0 Å². The Morgan fingerprint density at radius 3 is 2.33 bits per heavy atom. The van der Waals surface area contributed by atoms with Gasteiger partial charge in [-0.05, 0) is 17.8 Å². The van der Waals surface area contributed by atoms with Crippen molar-refractivity contribution in [1.29, 1.82) is 0 Å². The molecule has 102 valence electrons. The lowest BCUT2D eigenvalue weighted by Gasteiger charge is -2.28. The molecule has 2 N–H and O–H groups in total. The van der Waals surface area contributed by atoms with Gasteiger partial charge in [0.1, 0.15) is 18.0 Å². The zero-order valence-corrected chi connectivity index (χ0v) is 12.5.